The molecule has 0 heterocycles. The molecule has 0 amide bonds. The maximum Gasteiger partial charge on any atom is 0.417 e. The molecule has 0 aliphatic carbocycles. The summed E-state index contributed by atoms with van der Waals surface area (Å²) in [4.78, 5) is 10.5. The molecule has 0 aromatic heterocycles. The van der Waals surface area contributed by atoms with Gasteiger partial charge in [-0.15, -0.1) is 0 Å². The van der Waals surface area contributed by atoms with Gasteiger partial charge in [-0.05, 0) is 23.3 Å². The fraction of sp³-hybridized carbons (Fsp3) is 0.133. The number of benzene rings is 2. The van der Waals surface area contributed by atoms with Gasteiger partial charge in [0.1, 0.15) is 5.82 Å². The summed E-state index contributed by atoms with van der Waals surface area (Å²) in [6, 6.07) is 8.07. The summed E-state index contributed by atoms with van der Waals surface area (Å²) < 4.78 is 52.7. The topological polar surface area (TPSA) is 37.3 Å². The molecule has 0 spiro atoms. The van der Waals surface area contributed by atoms with Gasteiger partial charge in [-0.2, -0.15) is 13.2 Å². The molecule has 21 heavy (non-hydrogen) atoms. The van der Waals surface area contributed by atoms with E-state index in [2.05, 4.69) is 0 Å². The second-order valence-corrected chi connectivity index (χ2v) is 4.43. The Bertz CT molecular complexity index is 678. The van der Waals surface area contributed by atoms with Gasteiger partial charge in [-0.25, -0.2) is 4.39 Å². The van der Waals surface area contributed by atoms with Crippen LogP contribution in [-0.2, 0) is 17.4 Å². The Balaban J connectivity index is 2.51. The van der Waals surface area contributed by atoms with Gasteiger partial charge < -0.3 is 5.11 Å². The van der Waals surface area contributed by atoms with Crippen LogP contribution in [-0.4, -0.2) is 11.1 Å². The standard InChI is InChI=1S/C15H10F4O2/c16-13-7-9(8-14(20)21)5-6-11(13)10-3-1-2-4-12(10)15(17,18)19/h1-7H,8H2,(H,20,21). The van der Waals surface area contributed by atoms with Gasteiger partial charge in [0.2, 0.25) is 0 Å². The summed E-state index contributed by atoms with van der Waals surface area (Å²) in [7, 11) is 0. The average molecular weight is 298 g/mol. The number of rotatable bonds is 3. The number of alkyl halides is 3. The quantitative estimate of drug-likeness (QED) is 0.865. The van der Waals surface area contributed by atoms with Crippen molar-refractivity contribution in [1.82, 2.24) is 0 Å². The molecule has 2 nitrogen and oxygen atoms in total. The van der Waals surface area contributed by atoms with E-state index in [9.17, 15) is 22.4 Å². The van der Waals surface area contributed by atoms with E-state index >= 15 is 0 Å². The average Bonchev–Trinajstić information content (AvgIpc) is 2.37. The summed E-state index contributed by atoms with van der Waals surface area (Å²) in [6.07, 6.45) is -4.99. The second kappa shape index (κ2) is 5.55. The van der Waals surface area contributed by atoms with Crippen LogP contribution < -0.4 is 0 Å². The Morgan fingerprint density at radius 2 is 1.71 bits per heavy atom. The lowest BCUT2D eigenvalue weighted by molar-refractivity contribution is -0.137. The third kappa shape index (κ3) is 3.39. The highest BCUT2D eigenvalue weighted by Gasteiger charge is 2.33. The molecule has 2 aromatic carbocycles. The van der Waals surface area contributed by atoms with E-state index in [1.165, 1.54) is 24.3 Å². The van der Waals surface area contributed by atoms with Gasteiger partial charge >= 0.3 is 12.1 Å². The number of carboxylic acid groups (broad SMARTS) is 1. The molecule has 6 heteroatoms. The predicted octanol–water partition coefficient (Wildman–Crippen LogP) is 4.14. The summed E-state index contributed by atoms with van der Waals surface area (Å²) in [5, 5.41) is 8.62. The zero-order valence-electron chi connectivity index (χ0n) is 10.6. The summed E-state index contributed by atoms with van der Waals surface area (Å²) in [5.74, 6) is -2.02. The van der Waals surface area contributed by atoms with E-state index in [0.717, 1.165) is 18.2 Å². The lowest BCUT2D eigenvalue weighted by Gasteiger charge is -2.13. The van der Waals surface area contributed by atoms with Crippen molar-refractivity contribution in [3.8, 4) is 11.1 Å². The van der Waals surface area contributed by atoms with Crippen LogP contribution in [0.1, 0.15) is 11.1 Å². The van der Waals surface area contributed by atoms with E-state index in [4.69, 9.17) is 5.11 Å². The summed E-state index contributed by atoms with van der Waals surface area (Å²) in [5.41, 5.74) is -1.23. The Kier molecular flexibility index (Phi) is 3.97. The minimum Gasteiger partial charge on any atom is -0.481 e. The Morgan fingerprint density at radius 3 is 2.29 bits per heavy atom. The molecule has 2 aromatic rings. The first-order valence-electron chi connectivity index (χ1n) is 5.96. The SMILES string of the molecule is O=C(O)Cc1ccc(-c2ccccc2C(F)(F)F)c(F)c1. The Labute approximate surface area is 117 Å². The third-order valence-electron chi connectivity index (χ3n) is 2.91. The summed E-state index contributed by atoms with van der Waals surface area (Å²) in [6.45, 7) is 0. The van der Waals surface area contributed by atoms with Crippen molar-refractivity contribution in [2.75, 3.05) is 0 Å². The van der Waals surface area contributed by atoms with Crippen LogP contribution >= 0.6 is 0 Å². The monoisotopic (exact) mass is 298 g/mol. The van der Waals surface area contributed by atoms with Crippen molar-refractivity contribution >= 4 is 5.97 Å². The third-order valence-corrected chi connectivity index (χ3v) is 2.91. The van der Waals surface area contributed by atoms with Crippen molar-refractivity contribution in [3.05, 3.63) is 59.4 Å². The van der Waals surface area contributed by atoms with E-state index in [1.54, 1.807) is 0 Å². The normalized spacial score (nSPS) is 11.4. The number of hydrogen-bond donors (Lipinski definition) is 1. The minimum atomic E-state index is -4.59. The molecule has 2 rings (SSSR count). The molecule has 0 saturated heterocycles. The molecular weight excluding hydrogens is 288 g/mol. The molecule has 0 fully saturated rings. The first kappa shape index (κ1) is 15.0. The van der Waals surface area contributed by atoms with E-state index in [1.807, 2.05) is 0 Å². The number of aliphatic carboxylic acids is 1. The Morgan fingerprint density at radius 1 is 1.05 bits per heavy atom. The number of hydrogen-bond acceptors (Lipinski definition) is 1. The first-order valence-corrected chi connectivity index (χ1v) is 5.96. The van der Waals surface area contributed by atoms with Crippen LogP contribution in [0, 0.1) is 5.82 Å². The van der Waals surface area contributed by atoms with Crippen molar-refractivity contribution < 1.29 is 27.5 Å². The van der Waals surface area contributed by atoms with Crippen LogP contribution in [0.4, 0.5) is 17.6 Å². The molecule has 110 valence electrons. The van der Waals surface area contributed by atoms with E-state index in [0.29, 0.717) is 0 Å². The predicted molar refractivity (Wildman–Crippen MR) is 68.2 cm³/mol. The Hall–Kier alpha value is -2.37. The molecule has 0 saturated carbocycles. The molecular formula is C15H10F4O2. The lowest BCUT2D eigenvalue weighted by atomic mass is 9.97. The van der Waals surface area contributed by atoms with Crippen LogP contribution in [0.15, 0.2) is 42.5 Å². The summed E-state index contributed by atoms with van der Waals surface area (Å²) >= 11 is 0. The highest BCUT2D eigenvalue weighted by atomic mass is 19.4. The molecule has 0 bridgehead atoms. The van der Waals surface area contributed by atoms with Crippen molar-refractivity contribution in [2.45, 2.75) is 12.6 Å². The maximum absolute atomic E-state index is 14.0. The van der Waals surface area contributed by atoms with Gasteiger partial charge in [0, 0.05) is 5.56 Å². The first-order chi connectivity index (χ1) is 9.79. The number of halogens is 4. The molecule has 0 aliphatic heterocycles. The highest BCUT2D eigenvalue weighted by Crippen LogP contribution is 2.37. The van der Waals surface area contributed by atoms with Crippen LogP contribution in [0.5, 0.6) is 0 Å². The lowest BCUT2D eigenvalue weighted by Crippen LogP contribution is -2.07. The number of carboxylic acids is 1. The van der Waals surface area contributed by atoms with E-state index < -0.39 is 29.9 Å². The van der Waals surface area contributed by atoms with Gasteiger partial charge in [-0.3, -0.25) is 4.79 Å². The fourth-order valence-electron chi connectivity index (χ4n) is 2.03. The van der Waals surface area contributed by atoms with Crippen LogP contribution in [0.3, 0.4) is 0 Å². The zero-order valence-corrected chi connectivity index (χ0v) is 10.6. The van der Waals surface area contributed by atoms with Crippen molar-refractivity contribution in [3.63, 3.8) is 0 Å². The molecule has 0 atom stereocenters. The second-order valence-electron chi connectivity index (χ2n) is 4.43. The molecule has 1 N–H and O–H groups in total. The van der Waals surface area contributed by atoms with Gasteiger partial charge in [0.15, 0.2) is 0 Å². The van der Waals surface area contributed by atoms with Gasteiger partial charge in [0.05, 0.1) is 12.0 Å². The van der Waals surface area contributed by atoms with Gasteiger partial charge in [-0.1, -0.05) is 30.3 Å². The van der Waals surface area contributed by atoms with E-state index in [-0.39, 0.29) is 16.7 Å². The zero-order chi connectivity index (χ0) is 15.6. The molecule has 0 unspecified atom stereocenters. The van der Waals surface area contributed by atoms with Crippen LogP contribution in [0.2, 0.25) is 0 Å². The molecule has 0 aliphatic rings. The highest BCUT2D eigenvalue weighted by molar-refractivity contribution is 5.72. The largest absolute Gasteiger partial charge is 0.481 e. The molecule has 0 radical (unpaired) electrons. The number of carbonyl (C=O) groups is 1. The van der Waals surface area contributed by atoms with Crippen LogP contribution in [0.25, 0.3) is 11.1 Å². The maximum atomic E-state index is 14.0. The van der Waals surface area contributed by atoms with Crippen molar-refractivity contribution in [2.24, 2.45) is 0 Å². The van der Waals surface area contributed by atoms with Crippen molar-refractivity contribution in [1.29, 1.82) is 0 Å². The van der Waals surface area contributed by atoms with Gasteiger partial charge in [0.25, 0.3) is 0 Å². The fourth-order valence-corrected chi connectivity index (χ4v) is 2.03. The smallest absolute Gasteiger partial charge is 0.417 e. The minimum absolute atomic E-state index is 0.188.